The van der Waals surface area contributed by atoms with Crippen LogP contribution in [0.2, 0.25) is 0 Å². The lowest BCUT2D eigenvalue weighted by Gasteiger charge is -2.36. The molecule has 2 N–H and O–H groups in total. The summed E-state index contributed by atoms with van der Waals surface area (Å²) in [6.45, 7) is 1.84. The predicted octanol–water partition coefficient (Wildman–Crippen LogP) is 3.72. The van der Waals surface area contributed by atoms with Crippen molar-refractivity contribution in [1.29, 1.82) is 0 Å². The molecule has 1 heterocycles. The highest BCUT2D eigenvalue weighted by atomic mass is 19.4. The van der Waals surface area contributed by atoms with E-state index in [4.69, 9.17) is 5.11 Å². The number of alkyl halides is 3. The van der Waals surface area contributed by atoms with Crippen LogP contribution in [-0.2, 0) is 11.0 Å². The fourth-order valence-corrected chi connectivity index (χ4v) is 2.91. The molecule has 0 saturated heterocycles. The summed E-state index contributed by atoms with van der Waals surface area (Å²) in [5, 5.41) is 15.3. The number of anilines is 1. The molecule has 3 rings (SSSR count). The van der Waals surface area contributed by atoms with Crippen molar-refractivity contribution in [2.75, 3.05) is 5.32 Å². The molecule has 1 saturated carbocycles. The molecule has 0 unspecified atom stereocenters. The number of aromatic nitrogens is 2. The minimum absolute atomic E-state index is 0.00128. The van der Waals surface area contributed by atoms with Crippen LogP contribution in [0.3, 0.4) is 0 Å². The number of halogens is 3. The van der Waals surface area contributed by atoms with Crippen molar-refractivity contribution in [1.82, 2.24) is 9.78 Å². The molecule has 1 amide bonds. The van der Waals surface area contributed by atoms with Gasteiger partial charge in [-0.3, -0.25) is 4.79 Å². The molecule has 0 radical (unpaired) electrons. The second-order valence-electron chi connectivity index (χ2n) is 6.54. The highest BCUT2D eigenvalue weighted by molar-refractivity contribution is 5.95. The molecule has 1 fully saturated rings. The second kappa shape index (κ2) is 6.15. The molecule has 2 aromatic rings. The summed E-state index contributed by atoms with van der Waals surface area (Å²) in [5.74, 6) is -1.91. The molecule has 0 bridgehead atoms. The van der Waals surface area contributed by atoms with E-state index in [1.54, 1.807) is 6.07 Å². The van der Waals surface area contributed by atoms with Crippen LogP contribution in [0.5, 0.6) is 0 Å². The SMILES string of the molecule is CC1(C(=O)Nc2cccc(-n3ncc(C(=O)O)c3C(F)(F)F)c2)CCC1. The monoisotopic (exact) mass is 367 g/mol. The Kier molecular flexibility index (Phi) is 4.25. The Balaban J connectivity index is 1.96. The largest absolute Gasteiger partial charge is 0.478 e. The van der Waals surface area contributed by atoms with E-state index in [-0.39, 0.29) is 11.6 Å². The van der Waals surface area contributed by atoms with Crippen molar-refractivity contribution < 1.29 is 27.9 Å². The first-order chi connectivity index (χ1) is 12.1. The maximum atomic E-state index is 13.3. The van der Waals surface area contributed by atoms with Crippen molar-refractivity contribution in [3.8, 4) is 5.69 Å². The molecule has 1 aromatic heterocycles. The van der Waals surface area contributed by atoms with Crippen LogP contribution in [0, 0.1) is 5.41 Å². The van der Waals surface area contributed by atoms with E-state index in [0.717, 1.165) is 19.3 Å². The molecule has 1 aliphatic rings. The van der Waals surface area contributed by atoms with Crippen LogP contribution < -0.4 is 5.32 Å². The minimum atomic E-state index is -4.90. The Hall–Kier alpha value is -2.84. The number of carboxylic acids is 1. The lowest BCUT2D eigenvalue weighted by atomic mass is 9.70. The van der Waals surface area contributed by atoms with E-state index in [2.05, 4.69) is 10.4 Å². The number of carboxylic acid groups (broad SMARTS) is 1. The fraction of sp³-hybridized carbons (Fsp3) is 0.353. The van der Waals surface area contributed by atoms with E-state index in [9.17, 15) is 22.8 Å². The van der Waals surface area contributed by atoms with Crippen molar-refractivity contribution in [3.05, 3.63) is 41.7 Å². The van der Waals surface area contributed by atoms with E-state index in [1.165, 1.54) is 18.2 Å². The van der Waals surface area contributed by atoms with E-state index in [1.807, 2.05) is 6.92 Å². The fourth-order valence-electron chi connectivity index (χ4n) is 2.91. The number of nitrogens with zero attached hydrogens (tertiary/aromatic N) is 2. The first-order valence-corrected chi connectivity index (χ1v) is 7.92. The molecule has 138 valence electrons. The zero-order valence-electron chi connectivity index (χ0n) is 13.8. The second-order valence-corrected chi connectivity index (χ2v) is 6.54. The Morgan fingerprint density at radius 3 is 2.54 bits per heavy atom. The van der Waals surface area contributed by atoms with Crippen LogP contribution in [0.25, 0.3) is 5.69 Å². The number of hydrogen-bond donors (Lipinski definition) is 2. The molecule has 1 aliphatic carbocycles. The van der Waals surface area contributed by atoms with Gasteiger partial charge in [0.15, 0.2) is 5.69 Å². The lowest BCUT2D eigenvalue weighted by molar-refractivity contribution is -0.143. The van der Waals surface area contributed by atoms with Gasteiger partial charge in [-0.1, -0.05) is 19.4 Å². The summed E-state index contributed by atoms with van der Waals surface area (Å²) in [7, 11) is 0. The average Bonchev–Trinajstić information content (AvgIpc) is 2.98. The van der Waals surface area contributed by atoms with E-state index in [0.29, 0.717) is 16.6 Å². The Labute approximate surface area is 146 Å². The highest BCUT2D eigenvalue weighted by Gasteiger charge is 2.41. The number of rotatable bonds is 4. The number of carbonyl (C=O) groups is 2. The molecular weight excluding hydrogens is 351 g/mol. The molecule has 0 atom stereocenters. The average molecular weight is 367 g/mol. The van der Waals surface area contributed by atoms with E-state index < -0.39 is 28.8 Å². The minimum Gasteiger partial charge on any atom is -0.478 e. The summed E-state index contributed by atoms with van der Waals surface area (Å²) in [6.07, 6.45) is -1.76. The Bertz CT molecular complexity index is 870. The Morgan fingerprint density at radius 2 is 2.00 bits per heavy atom. The van der Waals surface area contributed by atoms with Crippen molar-refractivity contribution in [2.24, 2.45) is 5.41 Å². The van der Waals surface area contributed by atoms with Crippen LogP contribution >= 0.6 is 0 Å². The normalized spacial score (nSPS) is 16.0. The van der Waals surface area contributed by atoms with Gasteiger partial charge in [-0.15, -0.1) is 0 Å². The first-order valence-electron chi connectivity index (χ1n) is 7.92. The van der Waals surface area contributed by atoms with Crippen LogP contribution in [0.1, 0.15) is 42.2 Å². The molecule has 26 heavy (non-hydrogen) atoms. The van der Waals surface area contributed by atoms with Crippen molar-refractivity contribution in [3.63, 3.8) is 0 Å². The molecule has 0 aliphatic heterocycles. The van der Waals surface area contributed by atoms with Crippen LogP contribution in [0.4, 0.5) is 18.9 Å². The summed E-state index contributed by atoms with van der Waals surface area (Å²) < 4.78 is 40.5. The molecule has 1 aromatic carbocycles. The third-order valence-electron chi connectivity index (χ3n) is 4.62. The van der Waals surface area contributed by atoms with Gasteiger partial charge in [-0.25, -0.2) is 9.48 Å². The van der Waals surface area contributed by atoms with Gasteiger partial charge in [-0.2, -0.15) is 18.3 Å². The van der Waals surface area contributed by atoms with Crippen molar-refractivity contribution >= 4 is 17.6 Å². The third-order valence-corrected chi connectivity index (χ3v) is 4.62. The van der Waals surface area contributed by atoms with Gasteiger partial charge >= 0.3 is 12.1 Å². The third kappa shape index (κ3) is 3.16. The number of amides is 1. The molecule has 6 nitrogen and oxygen atoms in total. The Morgan fingerprint density at radius 1 is 1.31 bits per heavy atom. The van der Waals surface area contributed by atoms with Gasteiger partial charge in [-0.05, 0) is 31.0 Å². The molecular formula is C17H16F3N3O3. The zero-order valence-corrected chi connectivity index (χ0v) is 13.8. The number of carbonyl (C=O) groups excluding carboxylic acids is 1. The van der Waals surface area contributed by atoms with Gasteiger partial charge in [0, 0.05) is 11.1 Å². The van der Waals surface area contributed by atoms with Crippen LogP contribution in [-0.4, -0.2) is 26.8 Å². The number of benzene rings is 1. The smallest absolute Gasteiger partial charge is 0.434 e. The number of hydrogen-bond acceptors (Lipinski definition) is 3. The lowest BCUT2D eigenvalue weighted by Crippen LogP contribution is -2.39. The first kappa shape index (κ1) is 18.0. The zero-order chi connectivity index (χ0) is 19.1. The van der Waals surface area contributed by atoms with Gasteiger partial charge < -0.3 is 10.4 Å². The van der Waals surface area contributed by atoms with E-state index >= 15 is 0 Å². The van der Waals surface area contributed by atoms with Gasteiger partial charge in [0.1, 0.15) is 5.56 Å². The number of nitrogens with one attached hydrogen (secondary N) is 1. The summed E-state index contributed by atoms with van der Waals surface area (Å²) in [6, 6.07) is 5.71. The van der Waals surface area contributed by atoms with Gasteiger partial charge in [0.2, 0.25) is 5.91 Å². The summed E-state index contributed by atoms with van der Waals surface area (Å²) in [4.78, 5) is 23.4. The number of aromatic carboxylic acids is 1. The molecule has 9 heteroatoms. The maximum absolute atomic E-state index is 13.3. The molecule has 0 spiro atoms. The summed E-state index contributed by atoms with van der Waals surface area (Å²) in [5.41, 5.74) is -2.45. The van der Waals surface area contributed by atoms with Gasteiger partial charge in [0.25, 0.3) is 0 Å². The van der Waals surface area contributed by atoms with Crippen molar-refractivity contribution in [2.45, 2.75) is 32.4 Å². The topological polar surface area (TPSA) is 84.2 Å². The predicted molar refractivity (Wildman–Crippen MR) is 86.1 cm³/mol. The standard InChI is InChI=1S/C17H16F3N3O3/c1-16(6-3-7-16)15(26)22-10-4-2-5-11(8-10)23-13(17(18,19)20)12(9-21-23)14(24)25/h2,4-5,8-9H,3,6-7H2,1H3,(H,22,26)(H,24,25). The quantitative estimate of drug-likeness (QED) is 0.863. The highest BCUT2D eigenvalue weighted by Crippen LogP contribution is 2.41. The van der Waals surface area contributed by atoms with Gasteiger partial charge in [0.05, 0.1) is 11.9 Å². The summed E-state index contributed by atoms with van der Waals surface area (Å²) >= 11 is 0. The maximum Gasteiger partial charge on any atom is 0.434 e. The van der Waals surface area contributed by atoms with Crippen LogP contribution in [0.15, 0.2) is 30.5 Å².